The van der Waals surface area contributed by atoms with Crippen molar-refractivity contribution in [2.75, 3.05) is 5.32 Å². The number of fused-ring (bicyclic) bond motifs is 1. The van der Waals surface area contributed by atoms with Crippen LogP contribution < -0.4 is 10.6 Å². The lowest BCUT2D eigenvalue weighted by Crippen LogP contribution is -2.34. The van der Waals surface area contributed by atoms with Crippen molar-refractivity contribution >= 4 is 23.2 Å². The molecule has 6 nitrogen and oxygen atoms in total. The molecule has 2 aromatic heterocycles. The van der Waals surface area contributed by atoms with Crippen LogP contribution in [-0.4, -0.2) is 20.8 Å². The van der Waals surface area contributed by atoms with Gasteiger partial charge >= 0.3 is 6.03 Å². The predicted molar refractivity (Wildman–Crippen MR) is 85.2 cm³/mol. The molecule has 1 fully saturated rings. The minimum absolute atomic E-state index is 0.0762. The fraction of sp³-hybridized carbons (Fsp3) is 0.533. The molecule has 2 N–H and O–H groups in total. The fourth-order valence-corrected chi connectivity index (χ4v) is 4.07. The van der Waals surface area contributed by atoms with E-state index in [9.17, 15) is 4.79 Å². The Kier molecular flexibility index (Phi) is 3.37. The van der Waals surface area contributed by atoms with E-state index in [-0.39, 0.29) is 12.1 Å². The van der Waals surface area contributed by atoms with E-state index in [1.807, 2.05) is 17.7 Å². The molecule has 2 aliphatic rings. The van der Waals surface area contributed by atoms with Crippen LogP contribution in [0.15, 0.2) is 12.3 Å². The molecule has 0 radical (unpaired) electrons. The first-order valence-electron chi connectivity index (χ1n) is 7.78. The normalized spacial score (nSPS) is 20.5. The van der Waals surface area contributed by atoms with Gasteiger partial charge < -0.3 is 5.32 Å². The van der Waals surface area contributed by atoms with Crippen LogP contribution in [0.2, 0.25) is 0 Å². The average molecular weight is 317 g/mol. The SMILES string of the molecule is Cc1nc2c(s1)[C@@H](NC(=O)Nc1ccnn1C1CC1)CCC2. The smallest absolute Gasteiger partial charge is 0.320 e. The van der Waals surface area contributed by atoms with Gasteiger partial charge in [-0.25, -0.2) is 14.5 Å². The molecular weight excluding hydrogens is 298 g/mol. The highest BCUT2D eigenvalue weighted by atomic mass is 32.1. The van der Waals surface area contributed by atoms with Gasteiger partial charge in [0.1, 0.15) is 5.82 Å². The zero-order valence-electron chi connectivity index (χ0n) is 12.5. The number of aryl methyl sites for hydroxylation is 2. The maximum absolute atomic E-state index is 12.3. The molecule has 2 aromatic rings. The highest BCUT2D eigenvalue weighted by Crippen LogP contribution is 2.37. The van der Waals surface area contributed by atoms with Crippen LogP contribution in [0.1, 0.15) is 53.3 Å². The van der Waals surface area contributed by atoms with E-state index in [4.69, 9.17) is 0 Å². The van der Waals surface area contributed by atoms with Gasteiger partial charge in [0.15, 0.2) is 0 Å². The van der Waals surface area contributed by atoms with Gasteiger partial charge in [-0.2, -0.15) is 5.10 Å². The summed E-state index contributed by atoms with van der Waals surface area (Å²) in [4.78, 5) is 18.1. The molecule has 1 saturated carbocycles. The van der Waals surface area contributed by atoms with Gasteiger partial charge in [0.2, 0.25) is 0 Å². The number of thiazole rings is 1. The number of amides is 2. The lowest BCUT2D eigenvalue weighted by atomic mass is 9.98. The molecule has 116 valence electrons. The second kappa shape index (κ2) is 5.39. The Bertz CT molecular complexity index is 703. The lowest BCUT2D eigenvalue weighted by Gasteiger charge is -2.22. The lowest BCUT2D eigenvalue weighted by molar-refractivity contribution is 0.247. The summed E-state index contributed by atoms with van der Waals surface area (Å²) in [5.41, 5.74) is 1.15. The second-order valence-electron chi connectivity index (χ2n) is 5.98. The van der Waals surface area contributed by atoms with Crippen molar-refractivity contribution in [1.29, 1.82) is 0 Å². The average Bonchev–Trinajstić information content (AvgIpc) is 3.10. The molecule has 4 rings (SSSR count). The van der Waals surface area contributed by atoms with Gasteiger partial charge in [0, 0.05) is 6.07 Å². The van der Waals surface area contributed by atoms with Gasteiger partial charge in [-0.3, -0.25) is 5.32 Å². The Balaban J connectivity index is 1.45. The van der Waals surface area contributed by atoms with Crippen LogP contribution in [0.25, 0.3) is 0 Å². The molecule has 22 heavy (non-hydrogen) atoms. The monoisotopic (exact) mass is 317 g/mol. The third-order valence-electron chi connectivity index (χ3n) is 4.17. The van der Waals surface area contributed by atoms with E-state index < -0.39 is 0 Å². The van der Waals surface area contributed by atoms with E-state index >= 15 is 0 Å². The maximum atomic E-state index is 12.3. The molecule has 0 spiro atoms. The first kappa shape index (κ1) is 13.8. The van der Waals surface area contributed by atoms with Gasteiger partial charge in [-0.05, 0) is 39.0 Å². The number of nitrogens with one attached hydrogen (secondary N) is 2. The number of carbonyl (C=O) groups is 1. The van der Waals surface area contributed by atoms with Crippen molar-refractivity contribution in [3.63, 3.8) is 0 Å². The largest absolute Gasteiger partial charge is 0.330 e. The van der Waals surface area contributed by atoms with Crippen LogP contribution in [0, 0.1) is 6.92 Å². The molecule has 0 aliphatic heterocycles. The van der Waals surface area contributed by atoms with E-state index in [1.54, 1.807) is 17.5 Å². The van der Waals surface area contributed by atoms with E-state index in [0.29, 0.717) is 6.04 Å². The summed E-state index contributed by atoms with van der Waals surface area (Å²) in [6, 6.07) is 2.22. The number of nitrogens with zero attached hydrogens (tertiary/aromatic N) is 3. The van der Waals surface area contributed by atoms with Gasteiger partial charge in [-0.15, -0.1) is 11.3 Å². The zero-order valence-corrected chi connectivity index (χ0v) is 13.3. The minimum atomic E-state index is -0.161. The Morgan fingerprint density at radius 1 is 1.41 bits per heavy atom. The first-order valence-corrected chi connectivity index (χ1v) is 8.59. The van der Waals surface area contributed by atoms with Crippen LogP contribution in [0.5, 0.6) is 0 Å². The van der Waals surface area contributed by atoms with E-state index in [1.165, 1.54) is 4.88 Å². The molecule has 0 unspecified atom stereocenters. The van der Waals surface area contributed by atoms with Gasteiger partial charge in [0.05, 0.1) is 33.9 Å². The number of urea groups is 1. The molecule has 0 bridgehead atoms. The molecule has 1 atom stereocenters. The Morgan fingerprint density at radius 3 is 3.09 bits per heavy atom. The van der Waals surface area contributed by atoms with Crippen molar-refractivity contribution in [2.24, 2.45) is 0 Å². The third-order valence-corrected chi connectivity index (χ3v) is 5.29. The topological polar surface area (TPSA) is 71.8 Å². The van der Waals surface area contributed by atoms with E-state index in [2.05, 4.69) is 20.7 Å². The molecule has 0 saturated heterocycles. The molecule has 2 aliphatic carbocycles. The minimum Gasteiger partial charge on any atom is -0.330 e. The molecule has 2 heterocycles. The quantitative estimate of drug-likeness (QED) is 0.913. The highest BCUT2D eigenvalue weighted by molar-refractivity contribution is 7.11. The molecule has 0 aromatic carbocycles. The number of rotatable bonds is 3. The maximum Gasteiger partial charge on any atom is 0.320 e. The summed E-state index contributed by atoms with van der Waals surface area (Å²) in [6.45, 7) is 2.02. The molecular formula is C15H19N5OS. The summed E-state index contributed by atoms with van der Waals surface area (Å²) in [5.74, 6) is 0.775. The molecule has 7 heteroatoms. The Labute approximate surface area is 132 Å². The van der Waals surface area contributed by atoms with Crippen molar-refractivity contribution < 1.29 is 4.79 Å². The summed E-state index contributed by atoms with van der Waals surface area (Å²) in [6.07, 6.45) is 7.09. The summed E-state index contributed by atoms with van der Waals surface area (Å²) >= 11 is 1.70. The van der Waals surface area contributed by atoms with Crippen LogP contribution in [0.3, 0.4) is 0 Å². The fourth-order valence-electron chi connectivity index (χ4n) is 3.01. The van der Waals surface area contributed by atoms with Crippen molar-refractivity contribution in [1.82, 2.24) is 20.1 Å². The Morgan fingerprint density at radius 2 is 2.27 bits per heavy atom. The summed E-state index contributed by atoms with van der Waals surface area (Å²) < 4.78 is 1.91. The Hall–Kier alpha value is -1.89. The number of aromatic nitrogens is 3. The van der Waals surface area contributed by atoms with Crippen LogP contribution in [0.4, 0.5) is 10.6 Å². The van der Waals surface area contributed by atoms with Gasteiger partial charge in [-0.1, -0.05) is 0 Å². The predicted octanol–water partition coefficient (Wildman–Crippen LogP) is 3.18. The zero-order chi connectivity index (χ0) is 15.1. The van der Waals surface area contributed by atoms with E-state index in [0.717, 1.165) is 48.6 Å². The third kappa shape index (κ3) is 2.61. The standard InChI is InChI=1S/C15H19N5OS/c1-9-17-11-3-2-4-12(14(11)22-9)18-15(21)19-13-7-8-16-20(13)10-5-6-10/h7-8,10,12H,2-6H2,1H3,(H2,18,19,21)/t12-/m0/s1. The van der Waals surface area contributed by atoms with Crippen molar-refractivity contribution in [3.8, 4) is 0 Å². The first-order chi connectivity index (χ1) is 10.7. The summed E-state index contributed by atoms with van der Waals surface area (Å²) in [7, 11) is 0. The number of anilines is 1. The summed E-state index contributed by atoms with van der Waals surface area (Å²) in [5, 5.41) is 11.4. The number of carbonyl (C=O) groups excluding carboxylic acids is 1. The van der Waals surface area contributed by atoms with Crippen LogP contribution in [-0.2, 0) is 6.42 Å². The highest BCUT2D eigenvalue weighted by Gasteiger charge is 2.28. The van der Waals surface area contributed by atoms with Crippen molar-refractivity contribution in [3.05, 3.63) is 27.8 Å². The van der Waals surface area contributed by atoms with Crippen molar-refractivity contribution in [2.45, 2.75) is 51.1 Å². The number of hydrogen-bond donors (Lipinski definition) is 2. The second-order valence-corrected chi connectivity index (χ2v) is 7.21. The van der Waals surface area contributed by atoms with Gasteiger partial charge in [0.25, 0.3) is 0 Å². The molecule has 2 amide bonds. The van der Waals surface area contributed by atoms with Crippen LogP contribution >= 0.6 is 11.3 Å². The number of hydrogen-bond acceptors (Lipinski definition) is 4.